The number of hydrogen-bond acceptors (Lipinski definition) is 5. The fourth-order valence-corrected chi connectivity index (χ4v) is 3.99. The maximum Gasteiger partial charge on any atom is 0.247 e. The third kappa shape index (κ3) is 3.55. The second-order valence-corrected chi connectivity index (χ2v) is 7.53. The molecule has 0 aliphatic carbocycles. The Bertz CT molecular complexity index is 1210. The monoisotopic (exact) mass is 420 g/mol. The number of nitrogens with zero attached hydrogens (tertiary/aromatic N) is 4. The van der Waals surface area contributed by atoms with E-state index in [0.29, 0.717) is 34.7 Å². The highest BCUT2D eigenvalue weighted by Crippen LogP contribution is 2.36. The average Bonchev–Trinajstić information content (AvgIpc) is 3.35. The van der Waals surface area contributed by atoms with Crippen LogP contribution >= 0.6 is 23.2 Å². The molecule has 0 saturated heterocycles. The SMILES string of the molecule is Clc1cccc(Cl)c1C1=Nc2ccc(-c3nnc(Cc4cccnc4)o3)cc2C1. The molecule has 0 atom stereocenters. The smallest absolute Gasteiger partial charge is 0.247 e. The van der Waals surface area contributed by atoms with E-state index in [9.17, 15) is 0 Å². The summed E-state index contributed by atoms with van der Waals surface area (Å²) in [5, 5.41) is 9.55. The molecule has 0 fully saturated rings. The van der Waals surface area contributed by atoms with Gasteiger partial charge in [-0.25, -0.2) is 0 Å². The highest BCUT2D eigenvalue weighted by Gasteiger charge is 2.21. The van der Waals surface area contributed by atoms with Crippen molar-refractivity contribution < 1.29 is 4.42 Å². The van der Waals surface area contributed by atoms with Gasteiger partial charge >= 0.3 is 0 Å². The highest BCUT2D eigenvalue weighted by atomic mass is 35.5. The lowest BCUT2D eigenvalue weighted by Gasteiger charge is -2.05. The van der Waals surface area contributed by atoms with Gasteiger partial charge in [0.15, 0.2) is 0 Å². The molecule has 4 aromatic rings. The van der Waals surface area contributed by atoms with Crippen LogP contribution in [0.25, 0.3) is 11.5 Å². The predicted molar refractivity (Wildman–Crippen MR) is 113 cm³/mol. The second kappa shape index (κ2) is 7.43. The Kier molecular flexibility index (Phi) is 4.62. The molecule has 0 saturated carbocycles. The highest BCUT2D eigenvalue weighted by molar-refractivity contribution is 6.40. The first-order valence-electron chi connectivity index (χ1n) is 9.04. The third-order valence-electron chi connectivity index (χ3n) is 4.74. The Balaban J connectivity index is 1.40. The molecule has 0 N–H and O–H groups in total. The summed E-state index contributed by atoms with van der Waals surface area (Å²) >= 11 is 12.7. The van der Waals surface area contributed by atoms with Crippen molar-refractivity contribution in [1.29, 1.82) is 0 Å². The zero-order chi connectivity index (χ0) is 19.8. The zero-order valence-corrected chi connectivity index (χ0v) is 16.7. The van der Waals surface area contributed by atoms with Crippen LogP contribution in [0.15, 0.2) is 70.3 Å². The van der Waals surface area contributed by atoms with Crippen molar-refractivity contribution in [3.63, 3.8) is 0 Å². The molecular weight excluding hydrogens is 407 g/mol. The number of aliphatic imine (C=N–C) groups is 1. The molecule has 0 unspecified atom stereocenters. The summed E-state index contributed by atoms with van der Waals surface area (Å²) in [6.07, 6.45) is 4.71. The summed E-state index contributed by atoms with van der Waals surface area (Å²) in [6.45, 7) is 0. The van der Waals surface area contributed by atoms with Gasteiger partial charge in [0.1, 0.15) is 0 Å². The molecule has 0 bridgehead atoms. The molecule has 1 aliphatic heterocycles. The van der Waals surface area contributed by atoms with Crippen molar-refractivity contribution in [2.75, 3.05) is 0 Å². The van der Waals surface area contributed by atoms with Gasteiger partial charge in [0.05, 0.1) is 27.9 Å². The van der Waals surface area contributed by atoms with Crippen LogP contribution in [0, 0.1) is 0 Å². The van der Waals surface area contributed by atoms with Crippen LogP contribution < -0.4 is 0 Å². The van der Waals surface area contributed by atoms with Crippen molar-refractivity contribution in [2.45, 2.75) is 12.8 Å². The molecule has 0 amide bonds. The lowest BCUT2D eigenvalue weighted by molar-refractivity contribution is 0.518. The Morgan fingerprint density at radius 3 is 2.62 bits per heavy atom. The molecule has 3 heterocycles. The number of halogens is 2. The number of rotatable bonds is 4. The molecule has 1 aliphatic rings. The number of hydrogen-bond donors (Lipinski definition) is 0. The molecule has 2 aromatic carbocycles. The number of fused-ring (bicyclic) bond motifs is 1. The molecular formula is C22H14Cl2N4O. The fraction of sp³-hybridized carbons (Fsp3) is 0.0909. The van der Waals surface area contributed by atoms with E-state index in [1.54, 1.807) is 12.4 Å². The lowest BCUT2D eigenvalue weighted by Crippen LogP contribution is -2.02. The van der Waals surface area contributed by atoms with Gasteiger partial charge in [-0.1, -0.05) is 35.3 Å². The van der Waals surface area contributed by atoms with E-state index < -0.39 is 0 Å². The van der Waals surface area contributed by atoms with Crippen LogP contribution in [-0.4, -0.2) is 20.9 Å². The van der Waals surface area contributed by atoms with Gasteiger partial charge in [-0.05, 0) is 47.5 Å². The maximum absolute atomic E-state index is 6.35. The average molecular weight is 421 g/mol. The van der Waals surface area contributed by atoms with Crippen molar-refractivity contribution in [3.8, 4) is 11.5 Å². The van der Waals surface area contributed by atoms with Crippen LogP contribution in [0.1, 0.15) is 22.6 Å². The summed E-state index contributed by atoms with van der Waals surface area (Å²) in [6, 6.07) is 15.2. The number of benzene rings is 2. The normalized spacial score (nSPS) is 12.7. The van der Waals surface area contributed by atoms with E-state index in [0.717, 1.165) is 33.7 Å². The van der Waals surface area contributed by atoms with Crippen molar-refractivity contribution in [1.82, 2.24) is 15.2 Å². The predicted octanol–water partition coefficient (Wildman–Crippen LogP) is 5.71. The largest absolute Gasteiger partial charge is 0.420 e. The van der Waals surface area contributed by atoms with Gasteiger partial charge in [0, 0.05) is 29.9 Å². The summed E-state index contributed by atoms with van der Waals surface area (Å²) in [5.41, 5.74) is 5.48. The third-order valence-corrected chi connectivity index (χ3v) is 5.37. The molecule has 0 spiro atoms. The first kappa shape index (κ1) is 18.0. The quantitative estimate of drug-likeness (QED) is 0.424. The first-order valence-corrected chi connectivity index (χ1v) is 9.79. The Hall–Kier alpha value is -3.02. The molecule has 0 radical (unpaired) electrons. The zero-order valence-electron chi connectivity index (χ0n) is 15.1. The Morgan fingerprint density at radius 1 is 0.966 bits per heavy atom. The summed E-state index contributed by atoms with van der Waals surface area (Å²) in [5.74, 6) is 1.03. The van der Waals surface area contributed by atoms with E-state index in [2.05, 4.69) is 15.2 Å². The summed E-state index contributed by atoms with van der Waals surface area (Å²) < 4.78 is 5.85. The molecule has 5 rings (SSSR count). The van der Waals surface area contributed by atoms with Crippen LogP contribution in [0.5, 0.6) is 0 Å². The lowest BCUT2D eigenvalue weighted by atomic mass is 10.0. The number of aromatic nitrogens is 3. The van der Waals surface area contributed by atoms with Crippen molar-refractivity contribution in [2.24, 2.45) is 4.99 Å². The molecule has 142 valence electrons. The summed E-state index contributed by atoms with van der Waals surface area (Å²) in [7, 11) is 0. The van der Waals surface area contributed by atoms with Crippen LogP contribution in [0.3, 0.4) is 0 Å². The molecule has 5 nitrogen and oxygen atoms in total. The minimum absolute atomic E-state index is 0.482. The van der Waals surface area contributed by atoms with Gasteiger partial charge in [0.2, 0.25) is 11.8 Å². The topological polar surface area (TPSA) is 64.2 Å². The van der Waals surface area contributed by atoms with Gasteiger partial charge < -0.3 is 4.42 Å². The minimum Gasteiger partial charge on any atom is -0.420 e. The second-order valence-electron chi connectivity index (χ2n) is 6.71. The van der Waals surface area contributed by atoms with E-state index in [4.69, 9.17) is 32.6 Å². The van der Waals surface area contributed by atoms with E-state index in [1.165, 1.54) is 0 Å². The van der Waals surface area contributed by atoms with Gasteiger partial charge in [-0.2, -0.15) is 0 Å². The molecule has 7 heteroatoms. The summed E-state index contributed by atoms with van der Waals surface area (Å²) in [4.78, 5) is 8.82. The molecule has 29 heavy (non-hydrogen) atoms. The van der Waals surface area contributed by atoms with Gasteiger partial charge in [0.25, 0.3) is 0 Å². The van der Waals surface area contributed by atoms with Crippen LogP contribution in [0.2, 0.25) is 10.0 Å². The van der Waals surface area contributed by atoms with Crippen LogP contribution in [0.4, 0.5) is 5.69 Å². The van der Waals surface area contributed by atoms with Crippen molar-refractivity contribution >= 4 is 34.6 Å². The van der Waals surface area contributed by atoms with Gasteiger partial charge in [-0.3, -0.25) is 9.98 Å². The minimum atomic E-state index is 0.482. The maximum atomic E-state index is 6.35. The molecule has 2 aromatic heterocycles. The van der Waals surface area contributed by atoms with Crippen LogP contribution in [-0.2, 0) is 12.8 Å². The Labute approximate surface area is 177 Å². The first-order chi connectivity index (χ1) is 14.2. The van der Waals surface area contributed by atoms with Crippen molar-refractivity contribution in [3.05, 3.63) is 93.6 Å². The van der Waals surface area contributed by atoms with Gasteiger partial charge in [-0.15, -0.1) is 10.2 Å². The number of pyridine rings is 1. The van der Waals surface area contributed by atoms with E-state index >= 15 is 0 Å². The van der Waals surface area contributed by atoms with E-state index in [-0.39, 0.29) is 0 Å². The Morgan fingerprint density at radius 2 is 1.83 bits per heavy atom. The standard InChI is InChI=1S/C22H14Cl2N4O/c23-16-4-1-5-17(24)21(16)19-11-15-10-14(6-7-18(15)26-19)22-28-27-20(29-22)9-13-3-2-8-25-12-13/h1-8,10,12H,9,11H2. The fourth-order valence-electron chi connectivity index (χ4n) is 3.37. The van der Waals surface area contributed by atoms with E-state index in [1.807, 2.05) is 48.5 Å².